The maximum Gasteiger partial charge on any atom is 0.328 e. The lowest BCUT2D eigenvalue weighted by molar-refractivity contribution is -0.131. The third-order valence-corrected chi connectivity index (χ3v) is 3.42. The summed E-state index contributed by atoms with van der Waals surface area (Å²) >= 11 is 0. The average molecular weight is 342 g/mol. The third kappa shape index (κ3) is 4.54. The molecule has 0 amide bonds. The predicted octanol–water partition coefficient (Wildman–Crippen LogP) is 3.38. The van der Waals surface area contributed by atoms with E-state index < -0.39 is 5.97 Å². The second-order valence-corrected chi connectivity index (χ2v) is 5.10. The molecule has 0 saturated heterocycles. The Kier molecular flexibility index (Phi) is 5.68. The Morgan fingerprint density at radius 1 is 0.920 bits per heavy atom. The van der Waals surface area contributed by atoms with Crippen molar-refractivity contribution in [3.63, 3.8) is 0 Å². The molecule has 2 aromatic carbocycles. The Bertz CT molecular complexity index is 836. The Hall–Kier alpha value is -3.41. The minimum Gasteiger partial charge on any atom is -0.504 e. The molecule has 2 aromatic rings. The Labute approximate surface area is 144 Å². The summed E-state index contributed by atoms with van der Waals surface area (Å²) in [7, 11) is 2.87. The van der Waals surface area contributed by atoms with Crippen molar-refractivity contribution in [2.24, 2.45) is 0 Å². The molecule has 0 saturated carbocycles. The molecular formula is C19H18O6. The fraction of sp³-hybridized carbons (Fsp3) is 0.105. The van der Waals surface area contributed by atoms with Crippen molar-refractivity contribution in [3.8, 4) is 23.0 Å². The molecule has 3 N–H and O–H groups in total. The quantitative estimate of drug-likeness (QED) is 0.550. The number of ether oxygens (including phenoxy) is 2. The van der Waals surface area contributed by atoms with Crippen LogP contribution in [-0.4, -0.2) is 35.5 Å². The molecule has 2 rings (SSSR count). The molecule has 0 aliphatic carbocycles. The van der Waals surface area contributed by atoms with Crippen molar-refractivity contribution >= 4 is 24.2 Å². The molecule has 6 heteroatoms. The lowest BCUT2D eigenvalue weighted by Crippen LogP contribution is -1.90. The monoisotopic (exact) mass is 342 g/mol. The Balaban J connectivity index is 2.40. The number of hydrogen-bond acceptors (Lipinski definition) is 5. The van der Waals surface area contributed by atoms with Crippen molar-refractivity contribution in [1.82, 2.24) is 0 Å². The Morgan fingerprint density at radius 3 is 2.24 bits per heavy atom. The molecule has 0 radical (unpaired) electrons. The largest absolute Gasteiger partial charge is 0.504 e. The molecule has 0 spiro atoms. The van der Waals surface area contributed by atoms with Crippen molar-refractivity contribution in [1.29, 1.82) is 0 Å². The minimum absolute atomic E-state index is 0.0324. The zero-order valence-corrected chi connectivity index (χ0v) is 13.8. The van der Waals surface area contributed by atoms with Gasteiger partial charge in [0.05, 0.1) is 14.2 Å². The van der Waals surface area contributed by atoms with Crippen LogP contribution in [0, 0.1) is 0 Å². The summed E-state index contributed by atoms with van der Waals surface area (Å²) < 4.78 is 10.2. The molecule has 0 aromatic heterocycles. The van der Waals surface area contributed by atoms with Gasteiger partial charge in [0.2, 0.25) is 0 Å². The first-order valence-corrected chi connectivity index (χ1v) is 7.31. The van der Waals surface area contributed by atoms with Gasteiger partial charge in [-0.15, -0.1) is 0 Å². The smallest absolute Gasteiger partial charge is 0.328 e. The van der Waals surface area contributed by atoms with Gasteiger partial charge in [0.15, 0.2) is 23.0 Å². The van der Waals surface area contributed by atoms with Crippen LogP contribution >= 0.6 is 0 Å². The lowest BCUT2D eigenvalue weighted by atomic mass is 10.1. The number of aliphatic carboxylic acids is 1. The topological polar surface area (TPSA) is 96.2 Å². The van der Waals surface area contributed by atoms with Gasteiger partial charge in [-0.2, -0.15) is 0 Å². The van der Waals surface area contributed by atoms with Crippen molar-refractivity contribution in [3.05, 3.63) is 53.1 Å². The summed E-state index contributed by atoms with van der Waals surface area (Å²) in [5.41, 5.74) is 1.77. The number of carboxylic acid groups (broad SMARTS) is 1. The van der Waals surface area contributed by atoms with E-state index in [0.717, 1.165) is 11.6 Å². The summed E-state index contributed by atoms with van der Waals surface area (Å²) in [4.78, 5) is 10.7. The van der Waals surface area contributed by atoms with Crippen LogP contribution in [0.3, 0.4) is 0 Å². The lowest BCUT2D eigenvalue weighted by Gasteiger charge is -2.08. The molecule has 0 aliphatic rings. The normalized spacial score (nSPS) is 11.1. The minimum atomic E-state index is -1.07. The highest BCUT2D eigenvalue weighted by molar-refractivity contribution is 5.86. The number of phenols is 2. The standard InChI is InChI=1S/C19H18O6/c1-24-16-10-12(4-7-15(16)20)3-6-14-9-13(5-8-18(21)22)11-17(25-2)19(14)23/h3-11,20,23H,1-2H3,(H,21,22)/b6-3+,8-5+. The molecule has 0 bridgehead atoms. The van der Waals surface area contributed by atoms with Gasteiger partial charge in [0.1, 0.15) is 0 Å². The molecule has 130 valence electrons. The summed E-state index contributed by atoms with van der Waals surface area (Å²) in [6.45, 7) is 0. The predicted molar refractivity (Wildman–Crippen MR) is 94.9 cm³/mol. The maximum atomic E-state index is 10.7. The van der Waals surface area contributed by atoms with Crippen molar-refractivity contribution in [2.45, 2.75) is 0 Å². The number of phenolic OH excluding ortho intramolecular Hbond substituents is 2. The second kappa shape index (κ2) is 7.92. The number of hydrogen-bond donors (Lipinski definition) is 3. The molecule has 0 heterocycles. The van der Waals surface area contributed by atoms with E-state index in [1.165, 1.54) is 32.4 Å². The zero-order chi connectivity index (χ0) is 18.4. The van der Waals surface area contributed by atoms with Gasteiger partial charge >= 0.3 is 5.97 Å². The summed E-state index contributed by atoms with van der Waals surface area (Å²) in [6, 6.07) is 8.01. The van der Waals surface area contributed by atoms with Crippen LogP contribution in [0.15, 0.2) is 36.4 Å². The van der Waals surface area contributed by atoms with Crippen LogP contribution in [0.4, 0.5) is 0 Å². The molecule has 6 nitrogen and oxygen atoms in total. The summed E-state index contributed by atoms with van der Waals surface area (Å²) in [6.07, 6.45) is 5.79. The van der Waals surface area contributed by atoms with Crippen LogP contribution < -0.4 is 9.47 Å². The van der Waals surface area contributed by atoms with Gasteiger partial charge in [-0.25, -0.2) is 4.79 Å². The van der Waals surface area contributed by atoms with Crippen LogP contribution in [0.5, 0.6) is 23.0 Å². The number of carboxylic acids is 1. The van der Waals surface area contributed by atoms with E-state index in [0.29, 0.717) is 16.9 Å². The van der Waals surface area contributed by atoms with Crippen molar-refractivity contribution < 1.29 is 29.6 Å². The number of rotatable bonds is 6. The number of carbonyl (C=O) groups is 1. The Morgan fingerprint density at radius 2 is 1.60 bits per heavy atom. The van der Waals surface area contributed by atoms with E-state index in [4.69, 9.17) is 14.6 Å². The first-order valence-electron chi connectivity index (χ1n) is 7.31. The van der Waals surface area contributed by atoms with Gasteiger partial charge in [-0.05, 0) is 41.5 Å². The van der Waals surface area contributed by atoms with Crippen LogP contribution in [0.25, 0.3) is 18.2 Å². The summed E-state index contributed by atoms with van der Waals surface area (Å²) in [5.74, 6) is -0.528. The van der Waals surface area contributed by atoms with E-state index in [1.807, 2.05) is 0 Å². The number of aromatic hydroxyl groups is 2. The van der Waals surface area contributed by atoms with Crippen LogP contribution in [0.1, 0.15) is 16.7 Å². The SMILES string of the molecule is COc1cc(/C=C/c2cc(/C=C/C(=O)O)cc(OC)c2O)ccc1O. The second-order valence-electron chi connectivity index (χ2n) is 5.10. The van der Waals surface area contributed by atoms with Gasteiger partial charge in [0, 0.05) is 11.6 Å². The molecule has 0 fully saturated rings. The van der Waals surface area contributed by atoms with E-state index in [2.05, 4.69) is 0 Å². The van der Waals surface area contributed by atoms with Gasteiger partial charge in [-0.1, -0.05) is 18.2 Å². The average Bonchev–Trinajstić information content (AvgIpc) is 2.60. The highest BCUT2D eigenvalue weighted by atomic mass is 16.5. The van der Waals surface area contributed by atoms with E-state index in [1.54, 1.807) is 30.4 Å². The van der Waals surface area contributed by atoms with Crippen LogP contribution in [-0.2, 0) is 4.79 Å². The van der Waals surface area contributed by atoms with Crippen LogP contribution in [0.2, 0.25) is 0 Å². The maximum absolute atomic E-state index is 10.7. The molecule has 0 aliphatic heterocycles. The highest BCUT2D eigenvalue weighted by Crippen LogP contribution is 2.34. The fourth-order valence-corrected chi connectivity index (χ4v) is 2.18. The third-order valence-electron chi connectivity index (χ3n) is 3.42. The number of methoxy groups -OCH3 is 2. The van der Waals surface area contributed by atoms with E-state index >= 15 is 0 Å². The fourth-order valence-electron chi connectivity index (χ4n) is 2.18. The first-order chi connectivity index (χ1) is 11.9. The first kappa shape index (κ1) is 17.9. The van der Waals surface area contributed by atoms with Gasteiger partial charge < -0.3 is 24.8 Å². The van der Waals surface area contributed by atoms with Gasteiger partial charge in [0.25, 0.3) is 0 Å². The van der Waals surface area contributed by atoms with E-state index in [9.17, 15) is 15.0 Å². The molecule has 0 unspecified atom stereocenters. The molecule has 0 atom stereocenters. The van der Waals surface area contributed by atoms with Gasteiger partial charge in [-0.3, -0.25) is 0 Å². The summed E-state index contributed by atoms with van der Waals surface area (Å²) in [5, 5.41) is 28.6. The number of benzene rings is 2. The zero-order valence-electron chi connectivity index (χ0n) is 13.8. The van der Waals surface area contributed by atoms with Crippen molar-refractivity contribution in [2.75, 3.05) is 14.2 Å². The van der Waals surface area contributed by atoms with E-state index in [-0.39, 0.29) is 17.2 Å². The molecule has 25 heavy (non-hydrogen) atoms. The molecular weight excluding hydrogens is 324 g/mol. The highest BCUT2D eigenvalue weighted by Gasteiger charge is 2.08.